The fraction of sp³-hybridized carbons (Fsp3) is 0.176. The van der Waals surface area contributed by atoms with Gasteiger partial charge in [0.15, 0.2) is 4.80 Å². The molecule has 0 N–H and O–H groups in total. The largest absolute Gasteiger partial charge is 0.383 e. The molecule has 0 saturated heterocycles. The lowest BCUT2D eigenvalue weighted by Gasteiger charge is -2.05. The van der Waals surface area contributed by atoms with Crippen LogP contribution in [0.1, 0.15) is 10.4 Å². The Hall–Kier alpha value is -2.45. The van der Waals surface area contributed by atoms with Crippen molar-refractivity contribution < 1.29 is 22.7 Å². The summed E-state index contributed by atoms with van der Waals surface area (Å²) in [6, 6.07) is 7.20. The third-order valence-corrected chi connectivity index (χ3v) is 4.57. The molecule has 2 aromatic carbocycles. The summed E-state index contributed by atoms with van der Waals surface area (Å²) in [4.78, 5) is 16.4. The molecule has 1 amide bonds. The molecule has 0 bridgehead atoms. The zero-order valence-electron chi connectivity index (χ0n) is 13.1. The summed E-state index contributed by atoms with van der Waals surface area (Å²) in [5.74, 6) is -3.10. The van der Waals surface area contributed by atoms with Crippen molar-refractivity contribution in [3.63, 3.8) is 0 Å². The first-order chi connectivity index (χ1) is 12.0. The number of benzene rings is 2. The number of rotatable bonds is 4. The lowest BCUT2D eigenvalue weighted by atomic mass is 10.2. The lowest BCUT2D eigenvalue weighted by Crippen LogP contribution is -2.20. The first-order valence-corrected chi connectivity index (χ1v) is 8.14. The monoisotopic (exact) mass is 366 g/mol. The number of aromatic nitrogens is 1. The van der Waals surface area contributed by atoms with Gasteiger partial charge >= 0.3 is 0 Å². The van der Waals surface area contributed by atoms with Gasteiger partial charge in [-0.2, -0.15) is 4.99 Å². The van der Waals surface area contributed by atoms with E-state index in [1.54, 1.807) is 12.1 Å². The molecule has 0 aliphatic carbocycles. The Morgan fingerprint density at radius 2 is 2.00 bits per heavy atom. The maximum absolute atomic E-state index is 14.2. The van der Waals surface area contributed by atoms with Gasteiger partial charge in [0.25, 0.3) is 5.91 Å². The average molecular weight is 366 g/mol. The molecule has 130 valence electrons. The number of amides is 1. The molecule has 0 saturated carbocycles. The number of thiazole rings is 1. The summed E-state index contributed by atoms with van der Waals surface area (Å²) < 4.78 is 48.1. The number of carbonyl (C=O) groups excluding carboxylic acids is 1. The molecular formula is C17H13F3N2O2S. The van der Waals surface area contributed by atoms with Gasteiger partial charge < -0.3 is 9.30 Å². The normalized spacial score (nSPS) is 12.1. The molecule has 0 atom stereocenters. The molecular weight excluding hydrogens is 353 g/mol. The van der Waals surface area contributed by atoms with Gasteiger partial charge in [-0.3, -0.25) is 4.79 Å². The van der Waals surface area contributed by atoms with E-state index in [9.17, 15) is 18.0 Å². The topological polar surface area (TPSA) is 43.6 Å². The number of para-hydroxylation sites is 1. The molecule has 0 aliphatic heterocycles. The highest BCUT2D eigenvalue weighted by Crippen LogP contribution is 2.20. The molecule has 8 heteroatoms. The quantitative estimate of drug-likeness (QED) is 0.709. The molecule has 0 aliphatic rings. The number of carbonyl (C=O) groups is 1. The van der Waals surface area contributed by atoms with Crippen LogP contribution in [-0.2, 0) is 11.3 Å². The third-order valence-electron chi connectivity index (χ3n) is 3.53. The summed E-state index contributed by atoms with van der Waals surface area (Å²) in [6.45, 7) is 0.557. The van der Waals surface area contributed by atoms with Gasteiger partial charge in [0.05, 0.1) is 22.4 Å². The van der Waals surface area contributed by atoms with Gasteiger partial charge in [-0.1, -0.05) is 17.4 Å². The summed E-state index contributed by atoms with van der Waals surface area (Å²) in [5, 5.41) is 0. The van der Waals surface area contributed by atoms with Crippen LogP contribution in [0, 0.1) is 17.5 Å². The molecule has 3 rings (SSSR count). The van der Waals surface area contributed by atoms with Crippen molar-refractivity contribution in [1.29, 1.82) is 0 Å². The highest BCUT2D eigenvalue weighted by molar-refractivity contribution is 7.16. The number of nitrogens with zero attached hydrogens (tertiary/aromatic N) is 2. The number of ether oxygens (including phenoxy) is 1. The standard InChI is InChI=1S/C17H13F3N2O2S/c1-24-8-7-22-15-12(19)3-2-4-14(15)25-17(22)21-16(23)11-6-5-10(18)9-13(11)20/h2-6,9H,7-8H2,1H3. The van der Waals surface area contributed by atoms with Crippen molar-refractivity contribution in [2.24, 2.45) is 4.99 Å². The zero-order chi connectivity index (χ0) is 18.0. The summed E-state index contributed by atoms with van der Waals surface area (Å²) >= 11 is 1.10. The van der Waals surface area contributed by atoms with Crippen molar-refractivity contribution >= 4 is 27.5 Å². The molecule has 25 heavy (non-hydrogen) atoms. The molecule has 0 fully saturated rings. The van der Waals surface area contributed by atoms with Crippen LogP contribution in [0.2, 0.25) is 0 Å². The van der Waals surface area contributed by atoms with Crippen LogP contribution in [0.25, 0.3) is 10.2 Å². The number of hydrogen-bond donors (Lipinski definition) is 0. The summed E-state index contributed by atoms with van der Waals surface area (Å²) in [7, 11) is 1.50. The van der Waals surface area contributed by atoms with E-state index in [0.717, 1.165) is 23.5 Å². The smallest absolute Gasteiger partial charge is 0.282 e. The second-order valence-electron chi connectivity index (χ2n) is 5.16. The van der Waals surface area contributed by atoms with Crippen molar-refractivity contribution in [3.8, 4) is 0 Å². The van der Waals surface area contributed by atoms with Gasteiger partial charge in [-0.25, -0.2) is 13.2 Å². The third kappa shape index (κ3) is 3.49. The Bertz CT molecular complexity index is 1010. The zero-order valence-corrected chi connectivity index (χ0v) is 13.9. The van der Waals surface area contributed by atoms with Crippen LogP contribution in [0.15, 0.2) is 41.4 Å². The van der Waals surface area contributed by atoms with Crippen LogP contribution in [0.3, 0.4) is 0 Å². The minimum absolute atomic E-state index is 0.214. The van der Waals surface area contributed by atoms with E-state index in [0.29, 0.717) is 16.3 Å². The number of methoxy groups -OCH3 is 1. The lowest BCUT2D eigenvalue weighted by molar-refractivity contribution is 0.0993. The Kier molecular flexibility index (Phi) is 5.00. The summed E-state index contributed by atoms with van der Waals surface area (Å²) in [5.41, 5.74) is -0.0479. The van der Waals surface area contributed by atoms with E-state index < -0.39 is 23.4 Å². The molecule has 4 nitrogen and oxygen atoms in total. The van der Waals surface area contributed by atoms with Crippen molar-refractivity contribution in [1.82, 2.24) is 4.57 Å². The van der Waals surface area contributed by atoms with Crippen LogP contribution < -0.4 is 4.80 Å². The number of fused-ring (bicyclic) bond motifs is 1. The molecule has 1 heterocycles. The van der Waals surface area contributed by atoms with Crippen molar-refractivity contribution in [3.05, 3.63) is 64.2 Å². The fourth-order valence-electron chi connectivity index (χ4n) is 2.37. The number of halogens is 3. The Morgan fingerprint density at radius 1 is 1.20 bits per heavy atom. The molecule has 1 aromatic heterocycles. The van der Waals surface area contributed by atoms with Crippen molar-refractivity contribution in [2.75, 3.05) is 13.7 Å². The van der Waals surface area contributed by atoms with E-state index in [1.165, 1.54) is 17.7 Å². The van der Waals surface area contributed by atoms with Gasteiger partial charge in [0.2, 0.25) is 0 Å². The maximum atomic E-state index is 14.2. The first-order valence-electron chi connectivity index (χ1n) is 7.32. The minimum Gasteiger partial charge on any atom is -0.383 e. The van der Waals surface area contributed by atoms with Crippen LogP contribution in [0.5, 0.6) is 0 Å². The fourth-order valence-corrected chi connectivity index (χ4v) is 3.44. The minimum atomic E-state index is -0.996. The van der Waals surface area contributed by atoms with Gasteiger partial charge in [0.1, 0.15) is 17.5 Å². The van der Waals surface area contributed by atoms with E-state index >= 15 is 0 Å². The van der Waals surface area contributed by atoms with Crippen molar-refractivity contribution in [2.45, 2.75) is 6.54 Å². The Balaban J connectivity index is 2.14. The van der Waals surface area contributed by atoms with Gasteiger partial charge in [-0.15, -0.1) is 0 Å². The average Bonchev–Trinajstić information content (AvgIpc) is 2.91. The van der Waals surface area contributed by atoms with E-state index in [1.807, 2.05) is 0 Å². The van der Waals surface area contributed by atoms with Gasteiger partial charge in [0, 0.05) is 19.7 Å². The first kappa shape index (κ1) is 17.4. The SMILES string of the molecule is COCCn1c(=NC(=O)c2ccc(F)cc2F)sc2cccc(F)c21. The maximum Gasteiger partial charge on any atom is 0.282 e. The van der Waals surface area contributed by atoms with Gasteiger partial charge in [-0.05, 0) is 24.3 Å². The Labute approximate surface area is 144 Å². The predicted octanol–water partition coefficient (Wildman–Crippen LogP) is 3.51. The highest BCUT2D eigenvalue weighted by atomic mass is 32.1. The molecule has 3 aromatic rings. The molecule has 0 unspecified atom stereocenters. The van der Waals surface area contributed by atoms with Crippen LogP contribution >= 0.6 is 11.3 Å². The predicted molar refractivity (Wildman–Crippen MR) is 87.9 cm³/mol. The molecule has 0 radical (unpaired) electrons. The van der Waals surface area contributed by atoms with Crippen LogP contribution in [-0.4, -0.2) is 24.2 Å². The molecule has 0 spiro atoms. The van der Waals surface area contributed by atoms with E-state index in [4.69, 9.17) is 4.74 Å². The second kappa shape index (κ2) is 7.20. The summed E-state index contributed by atoms with van der Waals surface area (Å²) in [6.07, 6.45) is 0. The van der Waals surface area contributed by atoms with E-state index in [-0.39, 0.29) is 23.5 Å². The second-order valence-corrected chi connectivity index (χ2v) is 6.17. The number of hydrogen-bond acceptors (Lipinski definition) is 3. The Morgan fingerprint density at radius 3 is 2.72 bits per heavy atom. The highest BCUT2D eigenvalue weighted by Gasteiger charge is 2.15. The van der Waals surface area contributed by atoms with E-state index in [2.05, 4.69) is 4.99 Å². The van der Waals surface area contributed by atoms with Crippen LogP contribution in [0.4, 0.5) is 13.2 Å².